The molecule has 0 amide bonds. The summed E-state index contributed by atoms with van der Waals surface area (Å²) in [5.74, 6) is 0.114. The van der Waals surface area contributed by atoms with Gasteiger partial charge in [-0.1, -0.05) is 6.42 Å². The number of aliphatic hydroxyl groups excluding tert-OH is 1. The third-order valence-corrected chi connectivity index (χ3v) is 5.22. The van der Waals surface area contributed by atoms with Crippen molar-refractivity contribution in [2.45, 2.75) is 35.7 Å². The fourth-order valence-corrected chi connectivity index (χ4v) is 3.29. The van der Waals surface area contributed by atoms with Crippen LogP contribution in [0.2, 0.25) is 0 Å². The highest BCUT2D eigenvalue weighted by Gasteiger charge is 2.46. The topological polar surface area (TPSA) is 66.4 Å². The summed E-state index contributed by atoms with van der Waals surface area (Å²) in [6.07, 6.45) is 2.74. The first-order chi connectivity index (χ1) is 9.75. The van der Waals surface area contributed by atoms with Gasteiger partial charge in [0.25, 0.3) is 9.84 Å². The van der Waals surface area contributed by atoms with E-state index >= 15 is 0 Å². The molecular weight excluding hydrogens is 307 g/mol. The molecule has 8 heteroatoms. The Morgan fingerprint density at radius 1 is 1.19 bits per heavy atom. The van der Waals surface area contributed by atoms with E-state index in [1.807, 2.05) is 0 Å². The van der Waals surface area contributed by atoms with Crippen LogP contribution in [0.25, 0.3) is 0 Å². The van der Waals surface area contributed by atoms with Crippen molar-refractivity contribution in [1.82, 2.24) is 0 Å². The first kappa shape index (κ1) is 16.1. The number of hydrogen-bond donors (Lipinski definition) is 2. The highest BCUT2D eigenvalue weighted by Crippen LogP contribution is 2.32. The molecule has 1 fully saturated rings. The smallest absolute Gasteiger partial charge is 0.396 e. The molecule has 1 aliphatic rings. The maximum atomic E-state index is 12.4. The zero-order valence-corrected chi connectivity index (χ0v) is 11.9. The fourth-order valence-electron chi connectivity index (χ4n) is 2.52. The van der Waals surface area contributed by atoms with Crippen LogP contribution in [0.4, 0.5) is 18.9 Å². The molecule has 0 heterocycles. The van der Waals surface area contributed by atoms with Crippen LogP contribution in [0, 0.1) is 5.92 Å². The van der Waals surface area contributed by atoms with Gasteiger partial charge in [-0.05, 0) is 37.1 Å². The molecule has 2 rings (SSSR count). The first-order valence-corrected chi connectivity index (χ1v) is 8.03. The SMILES string of the molecule is O=S(=O)(c1ccc(NC2CCCC2CO)cc1)C(F)(F)F. The number of benzene rings is 1. The third-order valence-electron chi connectivity index (χ3n) is 3.71. The van der Waals surface area contributed by atoms with E-state index in [-0.39, 0.29) is 18.6 Å². The lowest BCUT2D eigenvalue weighted by Gasteiger charge is -2.20. The van der Waals surface area contributed by atoms with Crippen molar-refractivity contribution in [3.63, 3.8) is 0 Å². The second-order valence-electron chi connectivity index (χ2n) is 5.10. The van der Waals surface area contributed by atoms with E-state index in [0.717, 1.165) is 31.4 Å². The van der Waals surface area contributed by atoms with Gasteiger partial charge in [0, 0.05) is 24.3 Å². The number of halogens is 3. The van der Waals surface area contributed by atoms with Crippen LogP contribution < -0.4 is 5.32 Å². The minimum atomic E-state index is -5.30. The maximum Gasteiger partial charge on any atom is 0.501 e. The largest absolute Gasteiger partial charge is 0.501 e. The average molecular weight is 323 g/mol. The monoisotopic (exact) mass is 323 g/mol. The lowest BCUT2D eigenvalue weighted by atomic mass is 10.0. The Hall–Kier alpha value is -1.28. The Bertz CT molecular complexity index is 584. The summed E-state index contributed by atoms with van der Waals surface area (Å²) in [4.78, 5) is -0.773. The van der Waals surface area contributed by atoms with Crippen LogP contribution in [0.1, 0.15) is 19.3 Å². The summed E-state index contributed by atoms with van der Waals surface area (Å²) in [5.41, 5.74) is -4.75. The van der Waals surface area contributed by atoms with Crippen molar-refractivity contribution in [2.24, 2.45) is 5.92 Å². The number of aliphatic hydroxyl groups is 1. The van der Waals surface area contributed by atoms with Crippen LogP contribution in [0.3, 0.4) is 0 Å². The second-order valence-corrected chi connectivity index (χ2v) is 7.04. The summed E-state index contributed by atoms with van der Waals surface area (Å²) >= 11 is 0. The van der Waals surface area contributed by atoms with Gasteiger partial charge in [0.2, 0.25) is 0 Å². The van der Waals surface area contributed by atoms with Crippen molar-refractivity contribution < 1.29 is 26.7 Å². The Morgan fingerprint density at radius 2 is 1.81 bits per heavy atom. The summed E-state index contributed by atoms with van der Waals surface area (Å²) in [6.45, 7) is 0.0538. The molecule has 4 nitrogen and oxygen atoms in total. The Balaban J connectivity index is 2.13. The standard InChI is InChI=1S/C13H16F3NO3S/c14-13(15,16)21(19,20)11-6-4-10(5-7-11)17-12-3-1-2-9(12)8-18/h4-7,9,12,17-18H,1-3,8H2. The van der Waals surface area contributed by atoms with Crippen LogP contribution in [0.15, 0.2) is 29.2 Å². The first-order valence-electron chi connectivity index (χ1n) is 6.54. The molecule has 0 spiro atoms. The van der Waals surface area contributed by atoms with Gasteiger partial charge in [0.15, 0.2) is 0 Å². The van der Waals surface area contributed by atoms with Crippen LogP contribution >= 0.6 is 0 Å². The average Bonchev–Trinajstić information content (AvgIpc) is 2.85. The highest BCUT2D eigenvalue weighted by molar-refractivity contribution is 7.92. The quantitative estimate of drug-likeness (QED) is 0.894. The van der Waals surface area contributed by atoms with E-state index in [9.17, 15) is 26.7 Å². The molecule has 2 N–H and O–H groups in total. The molecule has 0 aromatic heterocycles. The molecule has 1 aromatic carbocycles. The van der Waals surface area contributed by atoms with Gasteiger partial charge in [-0.3, -0.25) is 0 Å². The normalized spacial score (nSPS) is 23.2. The van der Waals surface area contributed by atoms with E-state index in [2.05, 4.69) is 5.32 Å². The molecule has 2 atom stereocenters. The Kier molecular flexibility index (Phi) is 4.48. The minimum Gasteiger partial charge on any atom is -0.396 e. The Morgan fingerprint density at radius 3 is 2.33 bits per heavy atom. The van der Waals surface area contributed by atoms with Crippen molar-refractivity contribution in [1.29, 1.82) is 0 Å². The zero-order valence-electron chi connectivity index (χ0n) is 11.1. The maximum absolute atomic E-state index is 12.4. The molecule has 1 saturated carbocycles. The lowest BCUT2D eigenvalue weighted by Crippen LogP contribution is -2.26. The van der Waals surface area contributed by atoms with Gasteiger partial charge in [-0.15, -0.1) is 0 Å². The van der Waals surface area contributed by atoms with E-state index in [1.165, 1.54) is 12.1 Å². The van der Waals surface area contributed by atoms with E-state index in [1.54, 1.807) is 0 Å². The molecule has 0 saturated heterocycles. The lowest BCUT2D eigenvalue weighted by molar-refractivity contribution is -0.0436. The fraction of sp³-hybridized carbons (Fsp3) is 0.538. The predicted octanol–water partition coefficient (Wildman–Crippen LogP) is 2.55. The van der Waals surface area contributed by atoms with Gasteiger partial charge < -0.3 is 10.4 Å². The van der Waals surface area contributed by atoms with Gasteiger partial charge in [-0.2, -0.15) is 13.2 Å². The molecule has 1 aliphatic carbocycles. The zero-order chi connectivity index (χ0) is 15.7. The van der Waals surface area contributed by atoms with Crippen LogP contribution in [-0.2, 0) is 9.84 Å². The number of alkyl halides is 3. The number of hydrogen-bond acceptors (Lipinski definition) is 4. The van der Waals surface area contributed by atoms with E-state index in [0.29, 0.717) is 5.69 Å². The molecule has 118 valence electrons. The second kappa shape index (κ2) is 5.84. The summed E-state index contributed by atoms with van der Waals surface area (Å²) in [5, 5.41) is 12.3. The minimum absolute atomic E-state index is 0.0538. The van der Waals surface area contributed by atoms with Crippen LogP contribution in [0.5, 0.6) is 0 Å². The molecular formula is C13H16F3NO3S. The van der Waals surface area contributed by atoms with Crippen LogP contribution in [-0.4, -0.2) is 31.7 Å². The van der Waals surface area contributed by atoms with Crippen molar-refractivity contribution >= 4 is 15.5 Å². The molecule has 1 aromatic rings. The number of sulfone groups is 1. The summed E-state index contributed by atoms with van der Waals surface area (Å²) in [6, 6.07) is 4.55. The number of nitrogens with one attached hydrogen (secondary N) is 1. The van der Waals surface area contributed by atoms with Crippen molar-refractivity contribution in [2.75, 3.05) is 11.9 Å². The molecule has 2 unspecified atom stereocenters. The third kappa shape index (κ3) is 3.32. The number of anilines is 1. The number of rotatable bonds is 4. The molecule has 0 bridgehead atoms. The van der Waals surface area contributed by atoms with Gasteiger partial charge in [0.1, 0.15) is 0 Å². The summed E-state index contributed by atoms with van der Waals surface area (Å²) < 4.78 is 59.7. The van der Waals surface area contributed by atoms with Gasteiger partial charge in [0.05, 0.1) is 4.90 Å². The van der Waals surface area contributed by atoms with E-state index in [4.69, 9.17) is 0 Å². The predicted molar refractivity (Wildman–Crippen MR) is 71.5 cm³/mol. The highest BCUT2D eigenvalue weighted by atomic mass is 32.2. The summed E-state index contributed by atoms with van der Waals surface area (Å²) in [7, 11) is -5.30. The molecule has 21 heavy (non-hydrogen) atoms. The Labute approximate surface area is 120 Å². The van der Waals surface area contributed by atoms with Gasteiger partial charge >= 0.3 is 5.51 Å². The van der Waals surface area contributed by atoms with Gasteiger partial charge in [-0.25, -0.2) is 8.42 Å². The molecule has 0 radical (unpaired) electrons. The van der Waals surface area contributed by atoms with Crippen molar-refractivity contribution in [3.05, 3.63) is 24.3 Å². The molecule has 0 aliphatic heterocycles. The van der Waals surface area contributed by atoms with Crippen molar-refractivity contribution in [3.8, 4) is 0 Å². The van der Waals surface area contributed by atoms with E-state index < -0.39 is 20.2 Å².